The molecule has 0 unspecified atom stereocenters. The minimum atomic E-state index is -3.58. The van der Waals surface area contributed by atoms with Crippen LogP contribution in [0.25, 0.3) is 0 Å². The molecule has 0 aliphatic carbocycles. The van der Waals surface area contributed by atoms with E-state index in [4.69, 9.17) is 5.73 Å². The van der Waals surface area contributed by atoms with Crippen molar-refractivity contribution in [3.63, 3.8) is 0 Å². The number of imidazole rings is 1. The largest absolute Gasteiger partial charge is 0.330 e. The van der Waals surface area contributed by atoms with Gasteiger partial charge in [0.25, 0.3) is 0 Å². The molecule has 0 aromatic carbocycles. The first-order chi connectivity index (χ1) is 12.4. The predicted octanol–water partition coefficient (Wildman–Crippen LogP) is 3.09. The van der Waals surface area contributed by atoms with Crippen LogP contribution in [0, 0.1) is 0 Å². The minimum Gasteiger partial charge on any atom is -0.330 e. The van der Waals surface area contributed by atoms with E-state index >= 15 is 0 Å². The summed E-state index contributed by atoms with van der Waals surface area (Å²) in [5, 5.41) is 0.0121. The molecule has 1 rings (SSSR count). The van der Waals surface area contributed by atoms with Crippen molar-refractivity contribution in [2.24, 2.45) is 5.73 Å². The van der Waals surface area contributed by atoms with E-state index < -0.39 is 18.3 Å². The van der Waals surface area contributed by atoms with Crippen molar-refractivity contribution in [2.75, 3.05) is 20.6 Å². The van der Waals surface area contributed by atoms with Gasteiger partial charge in [0.1, 0.15) is 13.5 Å². The normalized spacial score (nSPS) is 13.5. The number of aryl methyl sites for hydroxylation is 1. The fourth-order valence-electron chi connectivity index (χ4n) is 2.87. The SMILES string of the molecule is CN(C)S(=O)(=O)n1c(CCCCCCCCN)cnc1[Si](C)(C)C(C)(C)C. The van der Waals surface area contributed by atoms with Gasteiger partial charge >= 0.3 is 10.2 Å². The van der Waals surface area contributed by atoms with Gasteiger partial charge in [-0.1, -0.05) is 59.5 Å². The highest BCUT2D eigenvalue weighted by Crippen LogP contribution is 2.35. The van der Waals surface area contributed by atoms with E-state index in [1.807, 2.05) is 0 Å². The van der Waals surface area contributed by atoms with Crippen molar-refractivity contribution >= 4 is 23.7 Å². The van der Waals surface area contributed by atoms with Crippen LogP contribution >= 0.6 is 0 Å². The van der Waals surface area contributed by atoms with Crippen molar-refractivity contribution in [2.45, 2.75) is 83.8 Å². The molecule has 0 fully saturated rings. The lowest BCUT2D eigenvalue weighted by Gasteiger charge is -2.36. The number of unbranched alkanes of at least 4 members (excludes halogenated alkanes) is 5. The maximum atomic E-state index is 13.1. The Morgan fingerprint density at radius 2 is 1.59 bits per heavy atom. The summed E-state index contributed by atoms with van der Waals surface area (Å²) in [6.07, 6.45) is 9.24. The Balaban J connectivity index is 3.06. The fraction of sp³-hybridized carbons (Fsp3) is 0.842. The quantitative estimate of drug-likeness (QED) is 0.444. The van der Waals surface area contributed by atoms with Crippen molar-refractivity contribution in [1.29, 1.82) is 0 Å². The van der Waals surface area contributed by atoms with Gasteiger partial charge in [-0.25, -0.2) is 8.96 Å². The van der Waals surface area contributed by atoms with Gasteiger partial charge in [0.15, 0.2) is 0 Å². The fourth-order valence-corrected chi connectivity index (χ4v) is 6.64. The van der Waals surface area contributed by atoms with Crippen molar-refractivity contribution in [3.8, 4) is 0 Å². The van der Waals surface area contributed by atoms with E-state index in [0.29, 0.717) is 0 Å². The van der Waals surface area contributed by atoms with E-state index in [9.17, 15) is 8.42 Å². The first-order valence-corrected chi connectivity index (χ1v) is 14.5. The highest BCUT2D eigenvalue weighted by atomic mass is 32.2. The van der Waals surface area contributed by atoms with Crippen LogP contribution in [-0.2, 0) is 16.6 Å². The smallest absolute Gasteiger partial charge is 0.308 e. The molecule has 0 spiro atoms. The molecule has 6 nitrogen and oxygen atoms in total. The molecule has 1 aromatic rings. The second kappa shape index (κ2) is 9.67. The number of rotatable bonds is 11. The highest BCUT2D eigenvalue weighted by molar-refractivity contribution is 7.87. The molecule has 0 atom stereocenters. The first-order valence-electron chi connectivity index (χ1n) is 10.1. The Morgan fingerprint density at radius 1 is 1.07 bits per heavy atom. The Bertz CT molecular complexity index is 691. The highest BCUT2D eigenvalue weighted by Gasteiger charge is 2.43. The topological polar surface area (TPSA) is 81.2 Å². The molecule has 8 heteroatoms. The molecule has 158 valence electrons. The van der Waals surface area contributed by atoms with Crippen LogP contribution in [-0.4, -0.2) is 50.4 Å². The predicted molar refractivity (Wildman–Crippen MR) is 118 cm³/mol. The van der Waals surface area contributed by atoms with Gasteiger partial charge in [0.05, 0.1) is 5.69 Å². The summed E-state index contributed by atoms with van der Waals surface area (Å²) >= 11 is 0. The zero-order valence-corrected chi connectivity index (χ0v) is 20.2. The number of hydrogen-bond acceptors (Lipinski definition) is 4. The molecule has 0 radical (unpaired) electrons. The molecule has 0 bridgehead atoms. The van der Waals surface area contributed by atoms with Gasteiger partial charge in [-0.3, -0.25) is 0 Å². The standard InChI is InChI=1S/C19H40N4O2SSi/c1-19(2,3)27(6,7)18-21-16-17(23(18)26(24,25)22(4)5)14-12-10-8-9-11-13-15-20/h16H,8-15,20H2,1-7H3. The lowest BCUT2D eigenvalue weighted by molar-refractivity contribution is 0.508. The van der Waals surface area contributed by atoms with E-state index in [1.165, 1.54) is 23.6 Å². The summed E-state index contributed by atoms with van der Waals surface area (Å²) < 4.78 is 29.0. The van der Waals surface area contributed by atoms with E-state index in [2.05, 4.69) is 38.8 Å². The van der Waals surface area contributed by atoms with Crippen LogP contribution in [0.2, 0.25) is 18.1 Å². The number of hydrogen-bond donors (Lipinski definition) is 1. The molecule has 2 N–H and O–H groups in total. The van der Waals surface area contributed by atoms with Crippen LogP contribution in [0.1, 0.15) is 65.0 Å². The monoisotopic (exact) mass is 416 g/mol. The number of nitrogens with two attached hydrogens (primary N) is 1. The van der Waals surface area contributed by atoms with Crippen molar-refractivity contribution in [1.82, 2.24) is 13.3 Å². The van der Waals surface area contributed by atoms with Gasteiger partial charge in [-0.2, -0.15) is 12.7 Å². The first kappa shape index (κ1) is 24.3. The molecule has 0 amide bonds. The third-order valence-electron chi connectivity index (χ3n) is 5.80. The molecule has 0 aliphatic rings. The van der Waals surface area contributed by atoms with E-state index in [1.54, 1.807) is 24.3 Å². The number of aromatic nitrogens is 2. The Kier molecular flexibility index (Phi) is 8.72. The van der Waals surface area contributed by atoms with Gasteiger partial charge in [-0.15, -0.1) is 0 Å². The van der Waals surface area contributed by atoms with Crippen LogP contribution in [0.3, 0.4) is 0 Å². The third-order valence-corrected chi connectivity index (χ3v) is 13.0. The molecule has 1 heterocycles. The van der Waals surface area contributed by atoms with Crippen LogP contribution in [0.5, 0.6) is 0 Å². The van der Waals surface area contributed by atoms with Crippen molar-refractivity contribution in [3.05, 3.63) is 11.9 Å². The summed E-state index contributed by atoms with van der Waals surface area (Å²) in [7, 11) is -2.50. The summed E-state index contributed by atoms with van der Waals surface area (Å²) in [5.74, 6) is 0. The Hall–Kier alpha value is -0.703. The van der Waals surface area contributed by atoms with Crippen LogP contribution < -0.4 is 11.2 Å². The molecular weight excluding hydrogens is 376 g/mol. The van der Waals surface area contributed by atoms with Crippen molar-refractivity contribution < 1.29 is 8.42 Å². The lowest BCUT2D eigenvalue weighted by atomic mass is 10.1. The lowest BCUT2D eigenvalue weighted by Crippen LogP contribution is -2.56. The third kappa shape index (κ3) is 5.89. The summed E-state index contributed by atoms with van der Waals surface area (Å²) in [4.78, 5) is 4.65. The number of nitrogens with zero attached hydrogens (tertiary/aromatic N) is 3. The average molecular weight is 417 g/mol. The average Bonchev–Trinajstić information content (AvgIpc) is 2.98. The molecule has 0 saturated carbocycles. The molecular formula is C19H40N4O2SSi. The summed E-state index contributed by atoms with van der Waals surface area (Å²) in [6.45, 7) is 11.7. The maximum absolute atomic E-state index is 13.1. The Labute approximate surface area is 167 Å². The maximum Gasteiger partial charge on any atom is 0.308 e. The van der Waals surface area contributed by atoms with Crippen LogP contribution in [0.4, 0.5) is 0 Å². The molecule has 0 aliphatic heterocycles. The summed E-state index contributed by atoms with van der Waals surface area (Å²) in [5.41, 5.74) is 7.09. The van der Waals surface area contributed by atoms with Gasteiger partial charge < -0.3 is 5.73 Å². The molecule has 27 heavy (non-hydrogen) atoms. The summed E-state index contributed by atoms with van der Waals surface area (Å²) in [6, 6.07) is 0. The van der Waals surface area contributed by atoms with Crippen LogP contribution in [0.15, 0.2) is 6.20 Å². The zero-order chi connectivity index (χ0) is 20.9. The minimum absolute atomic E-state index is 0.0121. The second-order valence-corrected chi connectivity index (χ2v) is 16.4. The zero-order valence-electron chi connectivity index (χ0n) is 18.4. The molecule has 0 saturated heterocycles. The van der Waals surface area contributed by atoms with Gasteiger partial charge in [0.2, 0.25) is 0 Å². The van der Waals surface area contributed by atoms with Gasteiger partial charge in [0, 0.05) is 20.3 Å². The molecule has 1 aromatic heterocycles. The Morgan fingerprint density at radius 3 is 2.07 bits per heavy atom. The van der Waals surface area contributed by atoms with E-state index in [0.717, 1.165) is 43.4 Å². The van der Waals surface area contributed by atoms with Gasteiger partial charge in [-0.05, 0) is 30.8 Å². The van der Waals surface area contributed by atoms with E-state index in [-0.39, 0.29) is 5.04 Å². The second-order valence-electron chi connectivity index (χ2n) is 9.16.